The maximum Gasteiger partial charge on any atom is 0.319 e. The Bertz CT molecular complexity index is 908. The lowest BCUT2D eigenvalue weighted by Gasteiger charge is -2.52. The number of allylic oxidation sites excluding steroid dienone is 2. The third-order valence-corrected chi connectivity index (χ3v) is 8.63. The first kappa shape index (κ1) is 26.8. The molecular weight excluding hydrogens is 440 g/mol. The molecule has 8 heteroatoms. The van der Waals surface area contributed by atoms with Gasteiger partial charge < -0.3 is 25.2 Å². The number of Topliss-reactive ketones (excluding diaryl/α,β-unsaturated/α-hetero) is 1. The van der Waals surface area contributed by atoms with Crippen LogP contribution >= 0.6 is 0 Å². The van der Waals surface area contributed by atoms with Crippen LogP contribution in [0.1, 0.15) is 80.6 Å². The summed E-state index contributed by atoms with van der Waals surface area (Å²) in [6.45, 7) is 11.0. The van der Waals surface area contributed by atoms with Crippen LogP contribution in [0.25, 0.3) is 0 Å². The minimum Gasteiger partial charge on any atom is -0.511 e. The maximum atomic E-state index is 14.3. The minimum atomic E-state index is -1.77. The fourth-order valence-corrected chi connectivity index (χ4v) is 6.35. The summed E-state index contributed by atoms with van der Waals surface area (Å²) in [4.78, 5) is 39.9. The predicted octanol–water partition coefficient (Wildman–Crippen LogP) is 2.62. The zero-order chi connectivity index (χ0) is 26.1. The topological polar surface area (TPSA) is 141 Å². The SMILES string of the molecule is CC(C)C(=O)/C=C(\O)[C@]1(C(=O)[C@@]2(C)C[C@H](C(C)(C)O)OC2=O)C[C@H]2[C@@H](CC[C@@]2(C)O)[C@](C)(O)C1. The molecule has 2 aliphatic carbocycles. The van der Waals surface area contributed by atoms with Crippen LogP contribution in [0.15, 0.2) is 11.8 Å². The Morgan fingerprint density at radius 3 is 2.18 bits per heavy atom. The highest BCUT2D eigenvalue weighted by Crippen LogP contribution is 2.61. The molecule has 7 atom stereocenters. The summed E-state index contributed by atoms with van der Waals surface area (Å²) < 4.78 is 5.39. The van der Waals surface area contributed by atoms with E-state index in [0.29, 0.717) is 12.8 Å². The van der Waals surface area contributed by atoms with Gasteiger partial charge in [-0.15, -0.1) is 0 Å². The zero-order valence-electron chi connectivity index (χ0n) is 21.3. The van der Waals surface area contributed by atoms with Crippen molar-refractivity contribution in [2.75, 3.05) is 0 Å². The van der Waals surface area contributed by atoms with Crippen molar-refractivity contribution in [2.24, 2.45) is 28.6 Å². The number of carbonyl (C=O) groups excluding carboxylic acids is 3. The Morgan fingerprint density at radius 2 is 1.68 bits per heavy atom. The molecule has 0 spiro atoms. The molecule has 0 amide bonds. The minimum absolute atomic E-state index is 0.0105. The van der Waals surface area contributed by atoms with E-state index in [0.717, 1.165) is 6.08 Å². The monoisotopic (exact) mass is 480 g/mol. The molecule has 1 aliphatic heterocycles. The van der Waals surface area contributed by atoms with E-state index in [1.54, 1.807) is 27.7 Å². The molecule has 4 N–H and O–H groups in total. The summed E-state index contributed by atoms with van der Waals surface area (Å²) in [7, 11) is 0. The number of rotatable bonds is 6. The molecule has 0 bridgehead atoms. The molecule has 34 heavy (non-hydrogen) atoms. The highest BCUT2D eigenvalue weighted by atomic mass is 16.6. The second kappa shape index (κ2) is 8.14. The molecule has 8 nitrogen and oxygen atoms in total. The smallest absolute Gasteiger partial charge is 0.319 e. The van der Waals surface area contributed by atoms with E-state index >= 15 is 0 Å². The van der Waals surface area contributed by atoms with E-state index in [-0.39, 0.29) is 25.2 Å². The third-order valence-electron chi connectivity index (χ3n) is 8.63. The Hall–Kier alpha value is -1.77. The Labute approximate surface area is 201 Å². The Kier molecular flexibility index (Phi) is 6.42. The van der Waals surface area contributed by atoms with Gasteiger partial charge in [-0.05, 0) is 72.1 Å². The predicted molar refractivity (Wildman–Crippen MR) is 124 cm³/mol. The number of ether oxygens (including phenoxy) is 1. The normalized spacial score (nSPS) is 43.1. The van der Waals surface area contributed by atoms with Gasteiger partial charge in [-0.1, -0.05) is 13.8 Å². The number of fused-ring (bicyclic) bond motifs is 1. The summed E-state index contributed by atoms with van der Waals surface area (Å²) in [5, 5.41) is 44.4. The van der Waals surface area contributed by atoms with Crippen molar-refractivity contribution >= 4 is 17.5 Å². The Morgan fingerprint density at radius 1 is 1.09 bits per heavy atom. The van der Waals surface area contributed by atoms with Crippen molar-refractivity contribution in [3.05, 3.63) is 11.8 Å². The largest absolute Gasteiger partial charge is 0.511 e. The molecule has 0 aromatic carbocycles. The fraction of sp³-hybridized carbons (Fsp3) is 0.808. The average molecular weight is 481 g/mol. The zero-order valence-corrected chi connectivity index (χ0v) is 21.3. The number of aliphatic hydroxyl groups is 4. The van der Waals surface area contributed by atoms with E-state index in [2.05, 4.69) is 0 Å². The first-order valence-corrected chi connectivity index (χ1v) is 12.2. The lowest BCUT2D eigenvalue weighted by Crippen LogP contribution is -2.58. The molecule has 3 fully saturated rings. The standard InChI is InChI=1S/C26H40O8/c1-14(2)17(27)10-18(28)26(11-16-15(25(7,33)13-26)8-9-24(16,6)32)20(29)23(5)12-19(22(3,4)31)34-21(23)30/h10,14-16,19,28,31-33H,8-9,11-13H2,1-7H3/b18-10-/t15-,16+,19-,23-,24-,25-,26+/m1/s1. The first-order valence-electron chi connectivity index (χ1n) is 12.2. The number of ketones is 2. The number of hydrogen-bond donors (Lipinski definition) is 4. The van der Waals surface area contributed by atoms with E-state index < -0.39 is 68.9 Å². The van der Waals surface area contributed by atoms with Gasteiger partial charge in [0.25, 0.3) is 0 Å². The van der Waals surface area contributed by atoms with Gasteiger partial charge >= 0.3 is 5.97 Å². The molecule has 0 aromatic rings. The highest BCUT2D eigenvalue weighted by Gasteiger charge is 2.67. The van der Waals surface area contributed by atoms with Gasteiger partial charge in [0.15, 0.2) is 11.6 Å². The van der Waals surface area contributed by atoms with Crippen LogP contribution in [-0.4, -0.2) is 60.9 Å². The Balaban J connectivity index is 2.16. The third kappa shape index (κ3) is 4.22. The molecule has 0 aromatic heterocycles. The van der Waals surface area contributed by atoms with Crippen molar-refractivity contribution in [3.63, 3.8) is 0 Å². The van der Waals surface area contributed by atoms with Crippen molar-refractivity contribution in [1.82, 2.24) is 0 Å². The van der Waals surface area contributed by atoms with Crippen LogP contribution < -0.4 is 0 Å². The van der Waals surface area contributed by atoms with Crippen molar-refractivity contribution in [3.8, 4) is 0 Å². The van der Waals surface area contributed by atoms with Gasteiger partial charge in [-0.3, -0.25) is 14.4 Å². The lowest BCUT2D eigenvalue weighted by molar-refractivity contribution is -0.168. The maximum absolute atomic E-state index is 14.3. The number of cyclic esters (lactones) is 1. The molecule has 192 valence electrons. The van der Waals surface area contributed by atoms with Gasteiger partial charge in [0.2, 0.25) is 0 Å². The van der Waals surface area contributed by atoms with Gasteiger partial charge in [-0.2, -0.15) is 0 Å². The fourth-order valence-electron chi connectivity index (χ4n) is 6.35. The van der Waals surface area contributed by atoms with E-state index in [1.165, 1.54) is 20.8 Å². The van der Waals surface area contributed by atoms with Gasteiger partial charge in [0.1, 0.15) is 17.3 Å². The van der Waals surface area contributed by atoms with E-state index in [4.69, 9.17) is 4.74 Å². The van der Waals surface area contributed by atoms with Crippen LogP contribution in [0.4, 0.5) is 0 Å². The van der Waals surface area contributed by atoms with Crippen LogP contribution in [0.2, 0.25) is 0 Å². The van der Waals surface area contributed by atoms with E-state index in [9.17, 15) is 34.8 Å². The molecule has 3 rings (SSSR count). The van der Waals surface area contributed by atoms with Gasteiger partial charge in [0, 0.05) is 18.4 Å². The van der Waals surface area contributed by atoms with Crippen LogP contribution in [0.5, 0.6) is 0 Å². The second-order valence-corrected chi connectivity index (χ2v) is 12.4. The summed E-state index contributed by atoms with van der Waals surface area (Å²) >= 11 is 0. The van der Waals surface area contributed by atoms with E-state index in [1.807, 2.05) is 0 Å². The quantitative estimate of drug-likeness (QED) is 0.197. The molecule has 2 saturated carbocycles. The average Bonchev–Trinajstić information content (AvgIpc) is 3.17. The summed E-state index contributed by atoms with van der Waals surface area (Å²) in [6, 6.07) is 0. The molecule has 3 aliphatic rings. The number of carbonyl (C=O) groups is 3. The molecule has 0 radical (unpaired) electrons. The van der Waals surface area contributed by atoms with Crippen LogP contribution in [0, 0.1) is 28.6 Å². The van der Waals surface area contributed by atoms with Crippen LogP contribution in [-0.2, 0) is 19.1 Å². The van der Waals surface area contributed by atoms with Crippen molar-refractivity contribution in [2.45, 2.75) is 103 Å². The molecule has 0 unspecified atom stereocenters. The number of hydrogen-bond acceptors (Lipinski definition) is 8. The van der Waals surface area contributed by atoms with Crippen molar-refractivity contribution in [1.29, 1.82) is 0 Å². The molecular formula is C26H40O8. The number of aliphatic hydroxyl groups excluding tert-OH is 1. The molecule has 1 saturated heterocycles. The summed E-state index contributed by atoms with van der Waals surface area (Å²) in [6.07, 6.45) is 0.778. The highest BCUT2D eigenvalue weighted by molar-refractivity contribution is 6.09. The van der Waals surface area contributed by atoms with Crippen LogP contribution in [0.3, 0.4) is 0 Å². The number of esters is 1. The van der Waals surface area contributed by atoms with Gasteiger partial charge in [0.05, 0.1) is 22.2 Å². The molecule has 1 heterocycles. The van der Waals surface area contributed by atoms with Crippen molar-refractivity contribution < 1.29 is 39.5 Å². The van der Waals surface area contributed by atoms with Gasteiger partial charge in [-0.25, -0.2) is 0 Å². The second-order valence-electron chi connectivity index (χ2n) is 12.4. The first-order chi connectivity index (χ1) is 15.3. The lowest BCUT2D eigenvalue weighted by atomic mass is 9.52. The summed E-state index contributed by atoms with van der Waals surface area (Å²) in [5.74, 6) is -3.64. The summed E-state index contributed by atoms with van der Waals surface area (Å²) in [5.41, 5.74) is -7.48.